The Kier molecular flexibility index (Phi) is 4.62. The molecule has 0 aliphatic rings. The second-order valence-electron chi connectivity index (χ2n) is 4.32. The number of nitrogen functional groups attached to an aromatic ring is 1. The van der Waals surface area contributed by atoms with Gasteiger partial charge in [0.25, 0.3) is 0 Å². The van der Waals surface area contributed by atoms with Crippen LogP contribution in [-0.4, -0.2) is 28.9 Å². The summed E-state index contributed by atoms with van der Waals surface area (Å²) in [6.07, 6.45) is 3.80. The number of nitrogens with two attached hydrogens (primary N) is 1. The molecule has 2 aromatic heterocycles. The Bertz CT molecular complexity index is 591. The highest BCUT2D eigenvalue weighted by atomic mass is 32.1. The van der Waals surface area contributed by atoms with Crippen LogP contribution in [0.2, 0.25) is 0 Å². The zero-order chi connectivity index (χ0) is 14.5. The normalized spacial score (nSPS) is 10.5. The highest BCUT2D eigenvalue weighted by Crippen LogP contribution is 2.29. The van der Waals surface area contributed by atoms with Crippen LogP contribution in [0.4, 0.5) is 10.7 Å². The summed E-state index contributed by atoms with van der Waals surface area (Å²) >= 11 is 1.31. The molecule has 0 aliphatic heterocycles. The predicted molar refractivity (Wildman–Crippen MR) is 80.1 cm³/mol. The summed E-state index contributed by atoms with van der Waals surface area (Å²) in [5.74, 6) is -0.370. The monoisotopic (exact) mass is 294 g/mol. The lowest BCUT2D eigenvalue weighted by atomic mass is 10.4. The fourth-order valence-corrected chi connectivity index (χ4v) is 2.63. The first-order valence-electron chi connectivity index (χ1n) is 6.39. The van der Waals surface area contributed by atoms with E-state index in [1.165, 1.54) is 11.3 Å². The molecule has 0 bridgehead atoms. The van der Waals surface area contributed by atoms with E-state index in [9.17, 15) is 4.79 Å². The molecular formula is C13H18N4O2S. The van der Waals surface area contributed by atoms with E-state index in [4.69, 9.17) is 10.5 Å². The van der Waals surface area contributed by atoms with Crippen LogP contribution in [0.3, 0.4) is 0 Å². The van der Waals surface area contributed by atoms with Crippen molar-refractivity contribution in [3.8, 4) is 0 Å². The van der Waals surface area contributed by atoms with Gasteiger partial charge in [-0.2, -0.15) is 5.10 Å². The van der Waals surface area contributed by atoms with Crippen LogP contribution in [0.25, 0.3) is 0 Å². The van der Waals surface area contributed by atoms with Gasteiger partial charge in [-0.05, 0) is 25.5 Å². The molecule has 2 rings (SSSR count). The fraction of sp³-hybridized carbons (Fsp3) is 0.385. The average molecular weight is 294 g/mol. The lowest BCUT2D eigenvalue weighted by Gasteiger charge is -2.03. The van der Waals surface area contributed by atoms with Gasteiger partial charge < -0.3 is 15.8 Å². The zero-order valence-corrected chi connectivity index (χ0v) is 12.4. The third-order valence-electron chi connectivity index (χ3n) is 2.62. The van der Waals surface area contributed by atoms with Gasteiger partial charge in [-0.3, -0.25) is 4.68 Å². The number of nitrogens with one attached hydrogen (secondary N) is 1. The third-order valence-corrected chi connectivity index (χ3v) is 3.71. The van der Waals surface area contributed by atoms with Crippen LogP contribution >= 0.6 is 11.3 Å². The number of aromatic nitrogens is 2. The van der Waals surface area contributed by atoms with Crippen molar-refractivity contribution >= 4 is 28.0 Å². The topological polar surface area (TPSA) is 82.2 Å². The molecule has 0 aliphatic carbocycles. The van der Waals surface area contributed by atoms with Gasteiger partial charge in [0.2, 0.25) is 0 Å². The molecule has 0 radical (unpaired) electrons. The molecule has 0 spiro atoms. The van der Waals surface area contributed by atoms with Crippen molar-refractivity contribution in [3.05, 3.63) is 28.9 Å². The molecule has 3 N–H and O–H groups in total. The standard InChI is InChI=1S/C13H18N4O2S/c1-3-19-13(18)12-10(14)6-11(20-12)15-4-5-17-8-9(2)7-16-17/h6-8,15H,3-5,14H2,1-2H3. The number of hydrogen-bond donors (Lipinski definition) is 2. The predicted octanol–water partition coefficient (Wildman–Crippen LogP) is 2.12. The largest absolute Gasteiger partial charge is 0.462 e. The van der Waals surface area contributed by atoms with Gasteiger partial charge >= 0.3 is 5.97 Å². The number of thiophene rings is 1. The number of nitrogens with zero attached hydrogens (tertiary/aromatic N) is 2. The van der Waals surface area contributed by atoms with Crippen molar-refractivity contribution in [1.29, 1.82) is 0 Å². The highest BCUT2D eigenvalue weighted by molar-refractivity contribution is 7.18. The number of ether oxygens (including phenoxy) is 1. The van der Waals surface area contributed by atoms with E-state index in [1.807, 2.05) is 24.0 Å². The maximum Gasteiger partial charge on any atom is 0.350 e. The second kappa shape index (κ2) is 6.42. The number of hydrogen-bond acceptors (Lipinski definition) is 6. The second-order valence-corrected chi connectivity index (χ2v) is 5.38. The molecule has 0 saturated carbocycles. The molecular weight excluding hydrogens is 276 g/mol. The van der Waals surface area contributed by atoms with E-state index in [2.05, 4.69) is 10.4 Å². The van der Waals surface area contributed by atoms with Crippen LogP contribution in [0.5, 0.6) is 0 Å². The summed E-state index contributed by atoms with van der Waals surface area (Å²) in [6, 6.07) is 1.76. The fourth-order valence-electron chi connectivity index (χ4n) is 1.73. The van der Waals surface area contributed by atoms with Crippen LogP contribution < -0.4 is 11.1 Å². The molecule has 0 fully saturated rings. The van der Waals surface area contributed by atoms with Crippen molar-refractivity contribution in [2.75, 3.05) is 24.2 Å². The molecule has 7 heteroatoms. The van der Waals surface area contributed by atoms with Gasteiger partial charge in [0, 0.05) is 12.7 Å². The zero-order valence-electron chi connectivity index (χ0n) is 11.5. The molecule has 0 atom stereocenters. The molecule has 0 unspecified atom stereocenters. The molecule has 0 saturated heterocycles. The molecule has 6 nitrogen and oxygen atoms in total. The van der Waals surface area contributed by atoms with Gasteiger partial charge in [-0.15, -0.1) is 11.3 Å². The number of carbonyl (C=O) groups excluding carboxylic acids is 1. The molecule has 2 aromatic rings. The van der Waals surface area contributed by atoms with E-state index in [1.54, 1.807) is 13.0 Å². The lowest BCUT2D eigenvalue weighted by molar-refractivity contribution is 0.0533. The SMILES string of the molecule is CCOC(=O)c1sc(NCCn2cc(C)cn2)cc1N. The maximum atomic E-state index is 11.6. The summed E-state index contributed by atoms with van der Waals surface area (Å²) < 4.78 is 6.81. The van der Waals surface area contributed by atoms with Crippen molar-refractivity contribution < 1.29 is 9.53 Å². The number of rotatable bonds is 6. The number of esters is 1. The van der Waals surface area contributed by atoms with Gasteiger partial charge in [-0.25, -0.2) is 4.79 Å². The number of carbonyl (C=O) groups is 1. The third kappa shape index (κ3) is 3.51. The Morgan fingerprint density at radius 3 is 3.05 bits per heavy atom. The van der Waals surface area contributed by atoms with Gasteiger partial charge in [0.1, 0.15) is 4.88 Å². The molecule has 2 heterocycles. The minimum atomic E-state index is -0.370. The van der Waals surface area contributed by atoms with Crippen LogP contribution in [0, 0.1) is 6.92 Å². The first-order chi connectivity index (χ1) is 9.60. The van der Waals surface area contributed by atoms with E-state index in [-0.39, 0.29) is 5.97 Å². The smallest absolute Gasteiger partial charge is 0.350 e. The maximum absolute atomic E-state index is 11.6. The Morgan fingerprint density at radius 2 is 2.40 bits per heavy atom. The van der Waals surface area contributed by atoms with Crippen molar-refractivity contribution in [2.45, 2.75) is 20.4 Å². The Balaban J connectivity index is 1.90. The van der Waals surface area contributed by atoms with Gasteiger partial charge in [-0.1, -0.05) is 0 Å². The molecule has 0 aromatic carbocycles. The summed E-state index contributed by atoms with van der Waals surface area (Å²) in [5, 5.41) is 8.29. The minimum absolute atomic E-state index is 0.345. The number of aryl methyl sites for hydroxylation is 1. The summed E-state index contributed by atoms with van der Waals surface area (Å²) in [4.78, 5) is 12.1. The van der Waals surface area contributed by atoms with Crippen molar-refractivity contribution in [2.24, 2.45) is 0 Å². The molecule has 108 valence electrons. The molecule has 0 amide bonds. The van der Waals surface area contributed by atoms with E-state index in [0.29, 0.717) is 23.7 Å². The lowest BCUT2D eigenvalue weighted by Crippen LogP contribution is -2.09. The van der Waals surface area contributed by atoms with E-state index >= 15 is 0 Å². The van der Waals surface area contributed by atoms with Crippen LogP contribution in [0.1, 0.15) is 22.2 Å². The Labute approximate surface area is 121 Å². The van der Waals surface area contributed by atoms with Crippen LogP contribution in [-0.2, 0) is 11.3 Å². The quantitative estimate of drug-likeness (QED) is 0.797. The highest BCUT2D eigenvalue weighted by Gasteiger charge is 2.15. The van der Waals surface area contributed by atoms with Gasteiger partial charge in [0.05, 0.1) is 30.0 Å². The van der Waals surface area contributed by atoms with Crippen molar-refractivity contribution in [1.82, 2.24) is 9.78 Å². The Hall–Kier alpha value is -2.02. The summed E-state index contributed by atoms with van der Waals surface area (Å²) in [6.45, 7) is 5.58. The van der Waals surface area contributed by atoms with E-state index in [0.717, 1.165) is 17.1 Å². The summed E-state index contributed by atoms with van der Waals surface area (Å²) in [7, 11) is 0. The first-order valence-corrected chi connectivity index (χ1v) is 7.21. The summed E-state index contributed by atoms with van der Waals surface area (Å²) in [5.41, 5.74) is 7.39. The minimum Gasteiger partial charge on any atom is -0.462 e. The average Bonchev–Trinajstić information content (AvgIpc) is 2.96. The molecule has 20 heavy (non-hydrogen) atoms. The van der Waals surface area contributed by atoms with E-state index < -0.39 is 0 Å². The van der Waals surface area contributed by atoms with Gasteiger partial charge in [0.15, 0.2) is 0 Å². The number of anilines is 2. The van der Waals surface area contributed by atoms with Crippen LogP contribution in [0.15, 0.2) is 18.5 Å². The van der Waals surface area contributed by atoms with Crippen molar-refractivity contribution in [3.63, 3.8) is 0 Å². The first kappa shape index (κ1) is 14.4. The Morgan fingerprint density at radius 1 is 1.60 bits per heavy atom.